The number of rotatable bonds is 1. The van der Waals surface area contributed by atoms with Gasteiger partial charge in [0.2, 0.25) is 0 Å². The topological polar surface area (TPSA) is 40.5 Å². The van der Waals surface area contributed by atoms with Crippen LogP contribution in [-0.4, -0.2) is 10.2 Å². The van der Waals surface area contributed by atoms with Crippen LogP contribution in [0, 0.1) is 5.82 Å². The minimum atomic E-state index is -1.11. The number of hydrogen-bond acceptors (Lipinski definition) is 2. The van der Waals surface area contributed by atoms with Crippen molar-refractivity contribution in [2.24, 2.45) is 0 Å². The molecule has 1 saturated carbocycles. The lowest BCUT2D eigenvalue weighted by Crippen LogP contribution is -2.06. The second-order valence-electron chi connectivity index (χ2n) is 3.28. The number of benzene rings is 1. The average molecular weight is 203 g/mol. The molecule has 1 fully saturated rings. The Balaban J connectivity index is 2.61. The maximum absolute atomic E-state index is 12.9. The molecule has 0 heterocycles. The molecule has 70 valence electrons. The molecule has 0 saturated heterocycles. The maximum atomic E-state index is 12.9. The third-order valence-corrected chi connectivity index (χ3v) is 2.58. The minimum absolute atomic E-state index is 0.120. The Morgan fingerprint density at radius 1 is 1.38 bits per heavy atom. The summed E-state index contributed by atoms with van der Waals surface area (Å²) in [6.07, 6.45) is 1.04. The summed E-state index contributed by atoms with van der Waals surface area (Å²) in [6, 6.07) is 2.41. The van der Waals surface area contributed by atoms with Crippen molar-refractivity contribution in [3.8, 4) is 5.75 Å². The van der Waals surface area contributed by atoms with E-state index in [0.29, 0.717) is 12.8 Å². The number of aliphatic hydroxyl groups is 1. The highest BCUT2D eigenvalue weighted by Gasteiger charge is 2.46. The molecule has 13 heavy (non-hydrogen) atoms. The summed E-state index contributed by atoms with van der Waals surface area (Å²) >= 11 is 5.74. The van der Waals surface area contributed by atoms with Crippen LogP contribution in [-0.2, 0) is 5.60 Å². The molecular formula is C9H8ClFO2. The molecule has 4 heteroatoms. The van der Waals surface area contributed by atoms with E-state index in [2.05, 4.69) is 0 Å². The van der Waals surface area contributed by atoms with E-state index in [1.54, 1.807) is 0 Å². The van der Waals surface area contributed by atoms with Gasteiger partial charge in [-0.05, 0) is 25.0 Å². The molecule has 1 aromatic carbocycles. The highest BCUT2D eigenvalue weighted by Crippen LogP contribution is 2.51. The largest absolute Gasteiger partial charge is 0.505 e. The van der Waals surface area contributed by atoms with Crippen LogP contribution in [0.4, 0.5) is 4.39 Å². The lowest BCUT2D eigenvalue weighted by molar-refractivity contribution is 0.147. The fraction of sp³-hybridized carbons (Fsp3) is 0.333. The van der Waals surface area contributed by atoms with Crippen LogP contribution in [0.25, 0.3) is 0 Å². The third-order valence-electron chi connectivity index (χ3n) is 2.27. The minimum Gasteiger partial charge on any atom is -0.505 e. The molecule has 0 unspecified atom stereocenters. The van der Waals surface area contributed by atoms with Gasteiger partial charge in [-0.25, -0.2) is 4.39 Å². The number of halogens is 2. The standard InChI is InChI=1S/C9H8ClFO2/c10-5-1-2-6(11)8(12)7(5)9(13)3-4-9/h1-2,12-13H,3-4H2. The van der Waals surface area contributed by atoms with Gasteiger partial charge in [-0.2, -0.15) is 0 Å². The molecule has 1 aromatic rings. The molecule has 0 radical (unpaired) electrons. The van der Waals surface area contributed by atoms with Gasteiger partial charge in [-0.3, -0.25) is 0 Å². The lowest BCUT2D eigenvalue weighted by Gasteiger charge is -2.12. The molecule has 2 rings (SSSR count). The van der Waals surface area contributed by atoms with Crippen LogP contribution in [0.3, 0.4) is 0 Å². The molecule has 0 aromatic heterocycles. The second-order valence-corrected chi connectivity index (χ2v) is 3.69. The molecule has 0 bridgehead atoms. The maximum Gasteiger partial charge on any atom is 0.165 e. The van der Waals surface area contributed by atoms with Crippen molar-refractivity contribution in [3.63, 3.8) is 0 Å². The molecule has 0 amide bonds. The van der Waals surface area contributed by atoms with Gasteiger partial charge in [0, 0.05) is 5.56 Å². The van der Waals surface area contributed by atoms with E-state index >= 15 is 0 Å². The lowest BCUT2D eigenvalue weighted by atomic mass is 10.1. The molecule has 0 atom stereocenters. The Morgan fingerprint density at radius 2 is 2.00 bits per heavy atom. The normalized spacial score (nSPS) is 18.7. The number of phenolic OH excluding ortho intramolecular Hbond substituents is 1. The number of phenols is 1. The predicted octanol–water partition coefficient (Wildman–Crippen LogP) is 2.17. The van der Waals surface area contributed by atoms with E-state index in [1.165, 1.54) is 6.07 Å². The zero-order chi connectivity index (χ0) is 9.64. The van der Waals surface area contributed by atoms with Gasteiger partial charge in [0.1, 0.15) is 0 Å². The van der Waals surface area contributed by atoms with Gasteiger partial charge in [0.05, 0.1) is 10.6 Å². The highest BCUT2D eigenvalue weighted by atomic mass is 35.5. The van der Waals surface area contributed by atoms with Crippen molar-refractivity contribution in [2.75, 3.05) is 0 Å². The Bertz CT molecular complexity index is 361. The zero-order valence-electron chi connectivity index (χ0n) is 6.72. The first-order valence-corrected chi connectivity index (χ1v) is 4.32. The summed E-state index contributed by atoms with van der Waals surface area (Å²) < 4.78 is 12.9. The predicted molar refractivity (Wildman–Crippen MR) is 46.2 cm³/mol. The molecule has 0 spiro atoms. The quantitative estimate of drug-likeness (QED) is 0.733. The second kappa shape index (κ2) is 2.59. The summed E-state index contributed by atoms with van der Waals surface area (Å²) in [7, 11) is 0. The van der Waals surface area contributed by atoms with E-state index in [-0.39, 0.29) is 10.6 Å². The first kappa shape index (κ1) is 8.78. The van der Waals surface area contributed by atoms with Crippen LogP contribution in [0.5, 0.6) is 5.75 Å². The monoisotopic (exact) mass is 202 g/mol. The van der Waals surface area contributed by atoms with Crippen molar-refractivity contribution in [1.29, 1.82) is 0 Å². The van der Waals surface area contributed by atoms with Crippen molar-refractivity contribution >= 4 is 11.6 Å². The fourth-order valence-corrected chi connectivity index (χ4v) is 1.68. The van der Waals surface area contributed by atoms with Crippen molar-refractivity contribution in [2.45, 2.75) is 18.4 Å². The van der Waals surface area contributed by atoms with Gasteiger partial charge in [0.25, 0.3) is 0 Å². The summed E-state index contributed by atoms with van der Waals surface area (Å²) in [4.78, 5) is 0. The first-order valence-electron chi connectivity index (χ1n) is 3.94. The highest BCUT2D eigenvalue weighted by molar-refractivity contribution is 6.31. The van der Waals surface area contributed by atoms with Crippen molar-refractivity contribution in [1.82, 2.24) is 0 Å². The van der Waals surface area contributed by atoms with Gasteiger partial charge >= 0.3 is 0 Å². The van der Waals surface area contributed by atoms with Crippen molar-refractivity contribution < 1.29 is 14.6 Å². The third kappa shape index (κ3) is 1.28. The Kier molecular flexibility index (Phi) is 1.75. The Labute approximate surface area is 79.6 Å². The van der Waals surface area contributed by atoms with Crippen LogP contribution in [0.1, 0.15) is 18.4 Å². The van der Waals surface area contributed by atoms with E-state index in [4.69, 9.17) is 11.6 Å². The number of aromatic hydroxyl groups is 1. The summed E-state index contributed by atoms with van der Waals surface area (Å²) in [5.41, 5.74) is -0.988. The fourth-order valence-electron chi connectivity index (χ4n) is 1.35. The smallest absolute Gasteiger partial charge is 0.165 e. The average Bonchev–Trinajstić information content (AvgIpc) is 2.78. The molecular weight excluding hydrogens is 195 g/mol. The van der Waals surface area contributed by atoms with E-state index < -0.39 is 17.2 Å². The van der Waals surface area contributed by atoms with E-state index in [0.717, 1.165) is 6.07 Å². The first-order chi connectivity index (χ1) is 6.04. The van der Waals surface area contributed by atoms with Crippen LogP contribution in [0.15, 0.2) is 12.1 Å². The SMILES string of the molecule is Oc1c(F)ccc(Cl)c1C1(O)CC1. The molecule has 1 aliphatic carbocycles. The van der Waals surface area contributed by atoms with Gasteiger partial charge in [-0.1, -0.05) is 11.6 Å². The van der Waals surface area contributed by atoms with Gasteiger partial charge < -0.3 is 10.2 Å². The van der Waals surface area contributed by atoms with Crippen LogP contribution >= 0.6 is 11.6 Å². The molecule has 0 aliphatic heterocycles. The van der Waals surface area contributed by atoms with E-state index in [1.807, 2.05) is 0 Å². The summed E-state index contributed by atoms with van der Waals surface area (Å²) in [6.45, 7) is 0. The van der Waals surface area contributed by atoms with Crippen LogP contribution < -0.4 is 0 Å². The van der Waals surface area contributed by atoms with Crippen LogP contribution in [0.2, 0.25) is 5.02 Å². The summed E-state index contributed by atoms with van der Waals surface area (Å²) in [5.74, 6) is -1.28. The molecule has 2 nitrogen and oxygen atoms in total. The molecule has 2 N–H and O–H groups in total. The van der Waals surface area contributed by atoms with Gasteiger partial charge in [0.15, 0.2) is 11.6 Å². The Morgan fingerprint density at radius 3 is 2.54 bits per heavy atom. The van der Waals surface area contributed by atoms with E-state index in [9.17, 15) is 14.6 Å². The van der Waals surface area contributed by atoms with Crippen molar-refractivity contribution in [3.05, 3.63) is 28.5 Å². The summed E-state index contributed by atoms with van der Waals surface area (Å²) in [5, 5.41) is 19.2. The van der Waals surface area contributed by atoms with Gasteiger partial charge in [-0.15, -0.1) is 0 Å². The Hall–Kier alpha value is -0.800. The number of hydrogen-bond donors (Lipinski definition) is 2. The molecule has 1 aliphatic rings. The zero-order valence-corrected chi connectivity index (χ0v) is 7.48.